The lowest BCUT2D eigenvalue weighted by atomic mass is 9.81. The third kappa shape index (κ3) is 3.63. The van der Waals surface area contributed by atoms with E-state index in [-0.39, 0.29) is 17.6 Å². The van der Waals surface area contributed by atoms with E-state index >= 15 is 0 Å². The number of aryl methyl sites for hydroxylation is 1. The summed E-state index contributed by atoms with van der Waals surface area (Å²) in [5.74, 6) is 0.458. The second-order valence-electron chi connectivity index (χ2n) is 8.66. The van der Waals surface area contributed by atoms with E-state index in [0.717, 1.165) is 38.7 Å². The van der Waals surface area contributed by atoms with E-state index in [0.29, 0.717) is 24.5 Å². The molecule has 0 spiro atoms. The molecule has 0 saturated heterocycles. The number of hydrogen-bond donors (Lipinski definition) is 1. The molecule has 1 unspecified atom stereocenters. The van der Waals surface area contributed by atoms with Crippen molar-refractivity contribution in [3.05, 3.63) is 95.1 Å². The number of methoxy groups -OCH3 is 2. The van der Waals surface area contributed by atoms with Crippen LogP contribution in [-0.2, 0) is 11.3 Å². The van der Waals surface area contributed by atoms with Gasteiger partial charge in [0.1, 0.15) is 0 Å². The number of nitrogens with zero attached hydrogens (tertiary/aromatic N) is 1. The van der Waals surface area contributed by atoms with Crippen LogP contribution in [-0.4, -0.2) is 25.2 Å². The summed E-state index contributed by atoms with van der Waals surface area (Å²) in [4.78, 5) is 15.5. The molecule has 0 fully saturated rings. The van der Waals surface area contributed by atoms with Crippen molar-refractivity contribution >= 4 is 22.4 Å². The van der Waals surface area contributed by atoms with Gasteiger partial charge in [-0.05, 0) is 58.1 Å². The van der Waals surface area contributed by atoms with E-state index in [1.165, 1.54) is 14.2 Å². The minimum absolute atomic E-state index is 0.0461. The van der Waals surface area contributed by atoms with Crippen molar-refractivity contribution in [1.82, 2.24) is 0 Å². The van der Waals surface area contributed by atoms with Crippen LogP contribution in [0.4, 0.5) is 5.69 Å². The SMILES string of the molecule is COc1cc(C2CC(=O)N(Cc3ccccc3C)c3ccc4ccccc4c32)cc(OC)c1O. The van der Waals surface area contributed by atoms with Crippen molar-refractivity contribution in [2.75, 3.05) is 19.1 Å². The summed E-state index contributed by atoms with van der Waals surface area (Å²) in [6, 6.07) is 24.2. The molecule has 1 aliphatic rings. The first-order chi connectivity index (χ1) is 16.5. The minimum Gasteiger partial charge on any atom is -0.502 e. The average Bonchev–Trinajstić information content (AvgIpc) is 2.86. The standard InChI is InChI=1S/C29H27NO4/c1-18-8-4-5-10-20(18)17-30-24-13-12-19-9-6-7-11-22(19)28(24)23(16-27(30)31)21-14-25(33-2)29(32)26(15-21)34-3/h4-15,23,32H,16-17H2,1-3H3. The van der Waals surface area contributed by atoms with Crippen molar-refractivity contribution in [3.63, 3.8) is 0 Å². The Morgan fingerprint density at radius 1 is 0.941 bits per heavy atom. The highest BCUT2D eigenvalue weighted by atomic mass is 16.5. The fourth-order valence-electron chi connectivity index (χ4n) is 4.94. The van der Waals surface area contributed by atoms with Crippen LogP contribution in [0.15, 0.2) is 72.8 Å². The van der Waals surface area contributed by atoms with E-state index < -0.39 is 0 Å². The normalized spacial score (nSPS) is 15.3. The van der Waals surface area contributed by atoms with Gasteiger partial charge in [0.25, 0.3) is 0 Å². The highest BCUT2D eigenvalue weighted by molar-refractivity contribution is 6.03. The van der Waals surface area contributed by atoms with Crippen LogP contribution in [0.25, 0.3) is 10.8 Å². The van der Waals surface area contributed by atoms with Crippen LogP contribution in [0.2, 0.25) is 0 Å². The third-order valence-corrected chi connectivity index (χ3v) is 6.76. The quantitative estimate of drug-likeness (QED) is 0.406. The number of phenolic OH excluding ortho intramolecular Hbond substituents is 1. The molecule has 0 saturated carbocycles. The van der Waals surface area contributed by atoms with Gasteiger partial charge in [-0.3, -0.25) is 4.79 Å². The number of carbonyl (C=O) groups is 1. The molecular weight excluding hydrogens is 426 g/mol. The molecule has 1 aliphatic heterocycles. The number of hydrogen-bond acceptors (Lipinski definition) is 4. The van der Waals surface area contributed by atoms with Gasteiger partial charge in [-0.1, -0.05) is 54.6 Å². The Balaban J connectivity index is 1.71. The van der Waals surface area contributed by atoms with Crippen molar-refractivity contribution < 1.29 is 19.4 Å². The Hall–Kier alpha value is -3.99. The van der Waals surface area contributed by atoms with E-state index in [9.17, 15) is 9.90 Å². The fraction of sp³-hybridized carbons (Fsp3) is 0.207. The molecule has 4 aromatic carbocycles. The van der Waals surface area contributed by atoms with Crippen LogP contribution in [0.1, 0.15) is 34.6 Å². The molecule has 172 valence electrons. The number of fused-ring (bicyclic) bond motifs is 3. The van der Waals surface area contributed by atoms with Gasteiger partial charge < -0.3 is 19.5 Å². The summed E-state index contributed by atoms with van der Waals surface area (Å²) in [5, 5.41) is 12.7. The van der Waals surface area contributed by atoms with Gasteiger partial charge in [-0.25, -0.2) is 0 Å². The number of benzene rings is 4. The Labute approximate surface area is 199 Å². The summed E-state index contributed by atoms with van der Waals surface area (Å²) >= 11 is 0. The lowest BCUT2D eigenvalue weighted by Gasteiger charge is -2.36. The number of carbonyl (C=O) groups excluding carboxylic acids is 1. The molecule has 5 heteroatoms. The zero-order valence-corrected chi connectivity index (χ0v) is 19.5. The second-order valence-corrected chi connectivity index (χ2v) is 8.66. The van der Waals surface area contributed by atoms with Gasteiger partial charge in [-0.2, -0.15) is 0 Å². The van der Waals surface area contributed by atoms with Crippen molar-refractivity contribution in [3.8, 4) is 17.2 Å². The maximum absolute atomic E-state index is 13.6. The van der Waals surface area contributed by atoms with Crippen molar-refractivity contribution in [2.24, 2.45) is 0 Å². The smallest absolute Gasteiger partial charge is 0.228 e. The first-order valence-electron chi connectivity index (χ1n) is 11.3. The van der Waals surface area contributed by atoms with E-state index in [1.807, 2.05) is 29.2 Å². The predicted molar refractivity (Wildman–Crippen MR) is 134 cm³/mol. The van der Waals surface area contributed by atoms with E-state index in [4.69, 9.17) is 9.47 Å². The number of ether oxygens (including phenoxy) is 2. The Kier molecular flexibility index (Phi) is 5.62. The summed E-state index contributed by atoms with van der Waals surface area (Å²) in [7, 11) is 3.02. The van der Waals surface area contributed by atoms with Crippen LogP contribution in [0, 0.1) is 6.92 Å². The van der Waals surface area contributed by atoms with E-state index in [2.05, 4.69) is 43.3 Å². The fourth-order valence-corrected chi connectivity index (χ4v) is 4.94. The minimum atomic E-state index is -0.204. The van der Waals surface area contributed by atoms with Crippen LogP contribution in [0.5, 0.6) is 17.2 Å². The molecule has 0 bridgehead atoms. The summed E-state index contributed by atoms with van der Waals surface area (Å²) in [5.41, 5.74) is 5.16. The van der Waals surface area contributed by atoms with Crippen LogP contribution < -0.4 is 14.4 Å². The maximum atomic E-state index is 13.6. The van der Waals surface area contributed by atoms with Crippen LogP contribution in [0.3, 0.4) is 0 Å². The molecule has 1 amide bonds. The lowest BCUT2D eigenvalue weighted by molar-refractivity contribution is -0.119. The van der Waals surface area contributed by atoms with Gasteiger partial charge in [0.15, 0.2) is 11.5 Å². The van der Waals surface area contributed by atoms with E-state index in [1.54, 1.807) is 12.1 Å². The number of aromatic hydroxyl groups is 1. The van der Waals surface area contributed by atoms with Gasteiger partial charge in [-0.15, -0.1) is 0 Å². The molecule has 0 aromatic heterocycles. The highest BCUT2D eigenvalue weighted by Crippen LogP contribution is 2.48. The molecule has 34 heavy (non-hydrogen) atoms. The summed E-state index contributed by atoms with van der Waals surface area (Å²) in [6.07, 6.45) is 0.309. The Morgan fingerprint density at radius 2 is 1.62 bits per heavy atom. The molecule has 5 nitrogen and oxygen atoms in total. The summed E-state index contributed by atoms with van der Waals surface area (Å²) in [6.45, 7) is 2.59. The zero-order valence-electron chi connectivity index (χ0n) is 19.5. The molecule has 1 N–H and O–H groups in total. The summed E-state index contributed by atoms with van der Waals surface area (Å²) < 4.78 is 10.8. The molecule has 5 rings (SSSR count). The average molecular weight is 454 g/mol. The molecule has 4 aromatic rings. The largest absolute Gasteiger partial charge is 0.502 e. The molecular formula is C29H27NO4. The first-order valence-corrected chi connectivity index (χ1v) is 11.3. The number of phenols is 1. The number of anilines is 1. The molecule has 1 heterocycles. The Morgan fingerprint density at radius 3 is 2.32 bits per heavy atom. The Bertz CT molecular complexity index is 1370. The second kappa shape index (κ2) is 8.75. The highest BCUT2D eigenvalue weighted by Gasteiger charge is 2.34. The number of rotatable bonds is 5. The molecule has 1 atom stereocenters. The predicted octanol–water partition coefficient (Wildman–Crippen LogP) is 5.94. The van der Waals surface area contributed by atoms with Crippen LogP contribution >= 0.6 is 0 Å². The van der Waals surface area contributed by atoms with Gasteiger partial charge in [0.2, 0.25) is 11.7 Å². The first kappa shape index (κ1) is 21.8. The van der Waals surface area contributed by atoms with Gasteiger partial charge in [0, 0.05) is 18.0 Å². The zero-order chi connectivity index (χ0) is 23.8. The van der Waals surface area contributed by atoms with Crippen molar-refractivity contribution in [1.29, 1.82) is 0 Å². The van der Waals surface area contributed by atoms with Gasteiger partial charge >= 0.3 is 0 Å². The lowest BCUT2D eigenvalue weighted by Crippen LogP contribution is -2.36. The van der Waals surface area contributed by atoms with Crippen molar-refractivity contribution in [2.45, 2.75) is 25.8 Å². The molecule has 0 aliphatic carbocycles. The monoisotopic (exact) mass is 453 g/mol. The van der Waals surface area contributed by atoms with Gasteiger partial charge in [0.05, 0.1) is 20.8 Å². The maximum Gasteiger partial charge on any atom is 0.228 e. The molecule has 0 radical (unpaired) electrons. The number of amides is 1. The topological polar surface area (TPSA) is 59.0 Å². The third-order valence-electron chi connectivity index (χ3n) is 6.76.